The van der Waals surface area contributed by atoms with Crippen molar-refractivity contribution in [1.82, 2.24) is 0 Å². The van der Waals surface area contributed by atoms with E-state index in [9.17, 15) is 9.59 Å². The first-order valence-electron chi connectivity index (χ1n) is 6.70. The number of carbonyl (C=O) groups excluding carboxylic acids is 1. The number of amides is 1. The lowest BCUT2D eigenvalue weighted by molar-refractivity contribution is -0.114. The number of hydrogen-bond acceptors (Lipinski definition) is 4. The summed E-state index contributed by atoms with van der Waals surface area (Å²) in [6.07, 6.45) is 0. The Hall–Kier alpha value is -3.08. The Morgan fingerprint density at radius 1 is 1.09 bits per heavy atom. The maximum Gasteiger partial charge on any atom is 0.339 e. The van der Waals surface area contributed by atoms with Gasteiger partial charge in [0.25, 0.3) is 0 Å². The predicted molar refractivity (Wildman–Crippen MR) is 83.3 cm³/mol. The number of fused-ring (bicyclic) bond motifs is 1. The molecule has 0 fully saturated rings. The van der Waals surface area contributed by atoms with Crippen LogP contribution < -0.4 is 15.7 Å². The van der Waals surface area contributed by atoms with Gasteiger partial charge in [0.15, 0.2) is 0 Å². The number of carbonyl (C=O) groups is 1. The van der Waals surface area contributed by atoms with Gasteiger partial charge >= 0.3 is 5.63 Å². The number of anilines is 1. The maximum atomic E-state index is 11.6. The van der Waals surface area contributed by atoms with E-state index in [-0.39, 0.29) is 5.91 Å². The highest BCUT2D eigenvalue weighted by Crippen LogP contribution is 2.29. The summed E-state index contributed by atoms with van der Waals surface area (Å²) in [4.78, 5) is 22.7. The molecule has 0 unspecified atom stereocenters. The molecule has 110 valence electrons. The third-order valence-corrected chi connectivity index (χ3v) is 2.99. The fraction of sp³-hybridized carbons (Fsp3) is 0.0588. The summed E-state index contributed by atoms with van der Waals surface area (Å²) < 4.78 is 10.9. The summed E-state index contributed by atoms with van der Waals surface area (Å²) in [6, 6.07) is 15.4. The molecule has 1 aromatic heterocycles. The predicted octanol–water partition coefficient (Wildman–Crippen LogP) is 3.54. The van der Waals surface area contributed by atoms with Crippen LogP contribution in [0.25, 0.3) is 11.0 Å². The van der Waals surface area contributed by atoms with Gasteiger partial charge in [-0.05, 0) is 24.3 Å². The van der Waals surface area contributed by atoms with Crippen LogP contribution in [0.3, 0.4) is 0 Å². The number of para-hydroxylation sites is 1. The van der Waals surface area contributed by atoms with Crippen molar-refractivity contribution in [2.24, 2.45) is 0 Å². The highest BCUT2D eigenvalue weighted by Gasteiger charge is 2.08. The Morgan fingerprint density at radius 3 is 2.73 bits per heavy atom. The van der Waals surface area contributed by atoms with E-state index in [2.05, 4.69) is 5.32 Å². The Labute approximate surface area is 126 Å². The minimum atomic E-state index is -0.480. The molecule has 2 aromatic carbocycles. The molecule has 5 heteroatoms. The third kappa shape index (κ3) is 2.98. The van der Waals surface area contributed by atoms with E-state index in [4.69, 9.17) is 9.15 Å². The lowest BCUT2D eigenvalue weighted by Crippen LogP contribution is -2.05. The van der Waals surface area contributed by atoms with E-state index in [1.165, 1.54) is 13.0 Å². The van der Waals surface area contributed by atoms with Crippen molar-refractivity contribution in [1.29, 1.82) is 0 Å². The largest absolute Gasteiger partial charge is 0.456 e. The summed E-state index contributed by atoms with van der Waals surface area (Å²) in [5.74, 6) is 0.761. The van der Waals surface area contributed by atoms with Gasteiger partial charge in [-0.25, -0.2) is 4.79 Å². The van der Waals surface area contributed by atoms with Crippen LogP contribution in [-0.2, 0) is 4.79 Å². The number of benzene rings is 2. The molecule has 0 saturated carbocycles. The van der Waals surface area contributed by atoms with Crippen molar-refractivity contribution in [2.45, 2.75) is 6.92 Å². The lowest BCUT2D eigenvalue weighted by atomic mass is 10.2. The van der Waals surface area contributed by atoms with E-state index >= 15 is 0 Å². The first-order chi connectivity index (χ1) is 10.6. The average molecular weight is 295 g/mol. The van der Waals surface area contributed by atoms with E-state index in [0.29, 0.717) is 28.2 Å². The van der Waals surface area contributed by atoms with Gasteiger partial charge < -0.3 is 14.5 Å². The molecule has 1 amide bonds. The minimum Gasteiger partial charge on any atom is -0.456 e. The van der Waals surface area contributed by atoms with Crippen molar-refractivity contribution < 1.29 is 13.9 Å². The molecular weight excluding hydrogens is 282 g/mol. The third-order valence-electron chi connectivity index (χ3n) is 2.99. The second-order valence-electron chi connectivity index (χ2n) is 4.74. The number of nitrogens with one attached hydrogen (secondary N) is 1. The van der Waals surface area contributed by atoms with Gasteiger partial charge in [0, 0.05) is 18.7 Å². The summed E-state index contributed by atoms with van der Waals surface area (Å²) >= 11 is 0. The van der Waals surface area contributed by atoms with Gasteiger partial charge in [-0.2, -0.15) is 0 Å². The molecule has 0 bridgehead atoms. The minimum absolute atomic E-state index is 0.164. The van der Waals surface area contributed by atoms with Crippen molar-refractivity contribution >= 4 is 22.6 Å². The molecule has 0 saturated heterocycles. The van der Waals surface area contributed by atoms with Gasteiger partial charge in [-0.3, -0.25) is 4.79 Å². The molecule has 22 heavy (non-hydrogen) atoms. The van der Waals surface area contributed by atoms with Crippen LogP contribution in [0.4, 0.5) is 5.69 Å². The summed E-state index contributed by atoms with van der Waals surface area (Å²) in [6.45, 7) is 1.43. The van der Waals surface area contributed by atoms with E-state index in [1.807, 2.05) is 12.1 Å². The Balaban J connectivity index is 2.00. The maximum absolute atomic E-state index is 11.6. The molecular formula is C17H13NO4. The standard InChI is InChI=1S/C17H13NO4/c1-11(19)18-12-5-4-6-13(9-12)21-16-10-17(20)22-15-8-3-2-7-14(15)16/h2-10H,1H3,(H,18,19). The van der Waals surface area contributed by atoms with Gasteiger partial charge in [0.1, 0.15) is 17.1 Å². The number of hydrogen-bond donors (Lipinski definition) is 1. The van der Waals surface area contributed by atoms with Crippen LogP contribution in [0.15, 0.2) is 63.8 Å². The number of rotatable bonds is 3. The topological polar surface area (TPSA) is 68.5 Å². The Morgan fingerprint density at radius 2 is 1.91 bits per heavy atom. The highest BCUT2D eigenvalue weighted by molar-refractivity contribution is 5.89. The smallest absolute Gasteiger partial charge is 0.339 e. The normalized spacial score (nSPS) is 10.4. The zero-order chi connectivity index (χ0) is 15.5. The molecule has 0 aliphatic rings. The zero-order valence-corrected chi connectivity index (χ0v) is 11.8. The quantitative estimate of drug-likeness (QED) is 0.750. The van der Waals surface area contributed by atoms with Crippen LogP contribution in [0.5, 0.6) is 11.5 Å². The first kappa shape index (κ1) is 13.9. The van der Waals surface area contributed by atoms with Crippen LogP contribution in [0, 0.1) is 0 Å². The van der Waals surface area contributed by atoms with Crippen molar-refractivity contribution in [2.75, 3.05) is 5.32 Å². The van der Waals surface area contributed by atoms with Crippen molar-refractivity contribution in [3.05, 3.63) is 65.0 Å². The average Bonchev–Trinajstić information content (AvgIpc) is 2.46. The van der Waals surface area contributed by atoms with Gasteiger partial charge in [-0.15, -0.1) is 0 Å². The summed E-state index contributed by atoms with van der Waals surface area (Å²) in [7, 11) is 0. The monoisotopic (exact) mass is 295 g/mol. The van der Waals surface area contributed by atoms with Crippen LogP contribution in [0.1, 0.15) is 6.92 Å². The Bertz CT molecular complexity index is 898. The molecule has 1 N–H and O–H groups in total. The fourth-order valence-corrected chi connectivity index (χ4v) is 2.13. The highest BCUT2D eigenvalue weighted by atomic mass is 16.5. The molecule has 3 rings (SSSR count). The number of ether oxygens (including phenoxy) is 1. The Kier molecular flexibility index (Phi) is 3.62. The first-order valence-corrected chi connectivity index (χ1v) is 6.70. The molecule has 0 atom stereocenters. The van der Waals surface area contributed by atoms with Gasteiger partial charge in [0.2, 0.25) is 5.91 Å². The van der Waals surface area contributed by atoms with Crippen molar-refractivity contribution in [3.63, 3.8) is 0 Å². The molecule has 0 aliphatic carbocycles. The van der Waals surface area contributed by atoms with Gasteiger partial charge in [0.05, 0.1) is 11.5 Å². The zero-order valence-electron chi connectivity index (χ0n) is 11.8. The molecule has 1 heterocycles. The van der Waals surface area contributed by atoms with Crippen LogP contribution in [-0.4, -0.2) is 5.91 Å². The van der Waals surface area contributed by atoms with Crippen LogP contribution >= 0.6 is 0 Å². The summed E-state index contributed by atoms with van der Waals surface area (Å²) in [5, 5.41) is 3.38. The van der Waals surface area contributed by atoms with Crippen molar-refractivity contribution in [3.8, 4) is 11.5 Å². The molecule has 3 aromatic rings. The lowest BCUT2D eigenvalue weighted by Gasteiger charge is -2.09. The molecule has 0 spiro atoms. The van der Waals surface area contributed by atoms with Gasteiger partial charge in [-0.1, -0.05) is 18.2 Å². The second kappa shape index (κ2) is 5.73. The molecule has 0 aliphatic heterocycles. The summed E-state index contributed by atoms with van der Waals surface area (Å²) in [5.41, 5.74) is 0.604. The van der Waals surface area contributed by atoms with E-state index in [1.54, 1.807) is 36.4 Å². The SMILES string of the molecule is CC(=O)Nc1cccc(Oc2cc(=O)oc3ccccc23)c1. The van der Waals surface area contributed by atoms with E-state index < -0.39 is 5.63 Å². The molecule has 0 radical (unpaired) electrons. The van der Waals surface area contributed by atoms with Crippen LogP contribution in [0.2, 0.25) is 0 Å². The fourth-order valence-electron chi connectivity index (χ4n) is 2.13. The molecule has 5 nitrogen and oxygen atoms in total. The second-order valence-corrected chi connectivity index (χ2v) is 4.74. The van der Waals surface area contributed by atoms with E-state index in [0.717, 1.165) is 0 Å².